The molecular formula is C22H38. The molecule has 0 saturated heterocycles. The second-order valence-corrected chi connectivity index (χ2v) is 8.01. The van der Waals surface area contributed by atoms with E-state index in [9.17, 15) is 0 Å². The van der Waals surface area contributed by atoms with Gasteiger partial charge >= 0.3 is 0 Å². The lowest BCUT2D eigenvalue weighted by molar-refractivity contribution is 0.250. The maximum atomic E-state index is 3.89. The summed E-state index contributed by atoms with van der Waals surface area (Å²) < 4.78 is 0. The molecular weight excluding hydrogens is 264 g/mol. The number of hydrogen-bond acceptors (Lipinski definition) is 0. The molecule has 0 aromatic rings. The molecule has 0 amide bonds. The van der Waals surface area contributed by atoms with Crippen LogP contribution in [0.3, 0.4) is 0 Å². The van der Waals surface area contributed by atoms with E-state index in [1.165, 1.54) is 83.5 Å². The summed E-state index contributed by atoms with van der Waals surface area (Å²) in [5.41, 5.74) is 0. The molecule has 0 heteroatoms. The smallest absolute Gasteiger partial charge is 0.0231 e. The van der Waals surface area contributed by atoms with Gasteiger partial charge < -0.3 is 0 Å². The molecule has 0 radical (unpaired) electrons. The standard InChI is InChI=1S/C22H38/c1-3-8-19-14-16-20(17-15-19)10-5-6-11-22-13-7-12-21(18-22)9-4-2/h3-4,9,19-22H,1,5-8,10-18H2,2H3/b9-4-. The Hall–Kier alpha value is -0.520. The van der Waals surface area contributed by atoms with Gasteiger partial charge in [-0.3, -0.25) is 0 Å². The summed E-state index contributed by atoms with van der Waals surface area (Å²) in [6.07, 6.45) is 25.8. The van der Waals surface area contributed by atoms with Crippen LogP contribution in [0.1, 0.15) is 90.4 Å². The fourth-order valence-electron chi connectivity index (χ4n) is 4.90. The zero-order chi connectivity index (χ0) is 15.6. The molecule has 2 unspecified atom stereocenters. The van der Waals surface area contributed by atoms with Crippen LogP contribution >= 0.6 is 0 Å². The van der Waals surface area contributed by atoms with Crippen molar-refractivity contribution in [3.8, 4) is 0 Å². The van der Waals surface area contributed by atoms with Crippen molar-refractivity contribution in [3.63, 3.8) is 0 Å². The predicted molar refractivity (Wildman–Crippen MR) is 99.0 cm³/mol. The van der Waals surface area contributed by atoms with Crippen molar-refractivity contribution in [2.24, 2.45) is 23.7 Å². The average Bonchev–Trinajstić information content (AvgIpc) is 2.54. The van der Waals surface area contributed by atoms with Gasteiger partial charge in [-0.15, -0.1) is 6.58 Å². The Morgan fingerprint density at radius 3 is 2.23 bits per heavy atom. The first-order valence-electron chi connectivity index (χ1n) is 10.1. The Labute approximate surface area is 139 Å². The minimum Gasteiger partial charge on any atom is -0.103 e. The summed E-state index contributed by atoms with van der Waals surface area (Å²) in [7, 11) is 0. The van der Waals surface area contributed by atoms with Crippen molar-refractivity contribution in [1.29, 1.82) is 0 Å². The van der Waals surface area contributed by atoms with E-state index in [-0.39, 0.29) is 0 Å². The van der Waals surface area contributed by atoms with Gasteiger partial charge in [-0.2, -0.15) is 0 Å². The molecule has 2 saturated carbocycles. The van der Waals surface area contributed by atoms with E-state index in [4.69, 9.17) is 0 Å². The molecule has 0 nitrogen and oxygen atoms in total. The van der Waals surface area contributed by atoms with E-state index < -0.39 is 0 Å². The third-order valence-corrected chi connectivity index (χ3v) is 6.23. The monoisotopic (exact) mass is 302 g/mol. The van der Waals surface area contributed by atoms with E-state index in [1.807, 2.05) is 0 Å². The Kier molecular flexibility index (Phi) is 8.34. The highest BCUT2D eigenvalue weighted by Gasteiger charge is 2.21. The van der Waals surface area contributed by atoms with Crippen molar-refractivity contribution in [2.75, 3.05) is 0 Å². The maximum Gasteiger partial charge on any atom is -0.0231 e. The van der Waals surface area contributed by atoms with Gasteiger partial charge in [-0.1, -0.05) is 69.6 Å². The van der Waals surface area contributed by atoms with Crippen LogP contribution < -0.4 is 0 Å². The van der Waals surface area contributed by atoms with Gasteiger partial charge in [-0.05, 0) is 62.7 Å². The van der Waals surface area contributed by atoms with Crippen LogP contribution in [0.15, 0.2) is 24.8 Å². The van der Waals surface area contributed by atoms with Gasteiger partial charge in [0.25, 0.3) is 0 Å². The van der Waals surface area contributed by atoms with Gasteiger partial charge in [0, 0.05) is 0 Å². The summed E-state index contributed by atoms with van der Waals surface area (Å²) in [5, 5.41) is 0. The first-order chi connectivity index (χ1) is 10.8. The zero-order valence-corrected chi connectivity index (χ0v) is 14.9. The van der Waals surface area contributed by atoms with Crippen LogP contribution in [0.25, 0.3) is 0 Å². The number of rotatable bonds is 8. The molecule has 2 aliphatic rings. The molecule has 22 heavy (non-hydrogen) atoms. The summed E-state index contributed by atoms with van der Waals surface area (Å²) in [5.74, 6) is 3.92. The first-order valence-corrected chi connectivity index (χ1v) is 10.1. The highest BCUT2D eigenvalue weighted by atomic mass is 14.3. The lowest BCUT2D eigenvalue weighted by Gasteiger charge is -2.29. The molecule has 0 N–H and O–H groups in total. The molecule has 2 rings (SSSR count). The SMILES string of the molecule is C=CCC1CCC(CCCCC2CCCC(/C=C\C)C2)CC1. The fourth-order valence-corrected chi connectivity index (χ4v) is 4.90. The molecule has 126 valence electrons. The Morgan fingerprint density at radius 1 is 0.864 bits per heavy atom. The molecule has 0 heterocycles. The normalized spacial score (nSPS) is 33.1. The summed E-state index contributed by atoms with van der Waals surface area (Å²) in [4.78, 5) is 0. The zero-order valence-electron chi connectivity index (χ0n) is 14.9. The van der Waals surface area contributed by atoms with E-state index >= 15 is 0 Å². The van der Waals surface area contributed by atoms with Crippen molar-refractivity contribution < 1.29 is 0 Å². The van der Waals surface area contributed by atoms with Crippen molar-refractivity contribution in [2.45, 2.75) is 90.4 Å². The van der Waals surface area contributed by atoms with Crippen molar-refractivity contribution >= 4 is 0 Å². The Bertz CT molecular complexity index is 319. The van der Waals surface area contributed by atoms with Crippen LogP contribution in [0, 0.1) is 23.7 Å². The summed E-state index contributed by atoms with van der Waals surface area (Å²) in [6, 6.07) is 0. The van der Waals surface area contributed by atoms with Crippen LogP contribution in [0.5, 0.6) is 0 Å². The quantitative estimate of drug-likeness (QED) is 0.325. The predicted octanol–water partition coefficient (Wildman–Crippen LogP) is 7.31. The van der Waals surface area contributed by atoms with E-state index in [2.05, 4.69) is 31.7 Å². The number of hydrogen-bond donors (Lipinski definition) is 0. The molecule has 0 spiro atoms. The Balaban J connectivity index is 1.53. The van der Waals surface area contributed by atoms with Gasteiger partial charge in [-0.25, -0.2) is 0 Å². The topological polar surface area (TPSA) is 0 Å². The summed E-state index contributed by atoms with van der Waals surface area (Å²) in [6.45, 7) is 6.07. The van der Waals surface area contributed by atoms with E-state index in [0.29, 0.717) is 0 Å². The third-order valence-electron chi connectivity index (χ3n) is 6.23. The minimum atomic E-state index is 0.892. The minimum absolute atomic E-state index is 0.892. The van der Waals surface area contributed by atoms with Crippen LogP contribution in [-0.4, -0.2) is 0 Å². The first kappa shape index (κ1) is 17.8. The largest absolute Gasteiger partial charge is 0.103 e. The number of unbranched alkanes of at least 4 members (excludes halogenated alkanes) is 1. The fraction of sp³-hybridized carbons (Fsp3) is 0.818. The van der Waals surface area contributed by atoms with Gasteiger partial charge in [0.1, 0.15) is 0 Å². The van der Waals surface area contributed by atoms with E-state index in [1.54, 1.807) is 0 Å². The van der Waals surface area contributed by atoms with Crippen LogP contribution in [0.4, 0.5) is 0 Å². The second kappa shape index (κ2) is 10.3. The molecule has 0 aromatic carbocycles. The molecule has 0 bridgehead atoms. The molecule has 2 aliphatic carbocycles. The lowest BCUT2D eigenvalue weighted by atomic mass is 9.77. The van der Waals surface area contributed by atoms with Crippen LogP contribution in [0.2, 0.25) is 0 Å². The Morgan fingerprint density at radius 2 is 1.55 bits per heavy atom. The highest BCUT2D eigenvalue weighted by molar-refractivity contribution is 4.89. The molecule has 2 fully saturated rings. The molecule has 0 aromatic heterocycles. The van der Waals surface area contributed by atoms with Crippen molar-refractivity contribution in [3.05, 3.63) is 24.8 Å². The van der Waals surface area contributed by atoms with E-state index in [0.717, 1.165) is 23.7 Å². The third kappa shape index (κ3) is 6.31. The maximum absolute atomic E-state index is 3.89. The molecule has 2 atom stereocenters. The average molecular weight is 303 g/mol. The van der Waals surface area contributed by atoms with Crippen LogP contribution in [-0.2, 0) is 0 Å². The second-order valence-electron chi connectivity index (χ2n) is 8.01. The molecule has 0 aliphatic heterocycles. The van der Waals surface area contributed by atoms with Gasteiger partial charge in [0.2, 0.25) is 0 Å². The lowest BCUT2D eigenvalue weighted by Crippen LogP contribution is -2.15. The summed E-state index contributed by atoms with van der Waals surface area (Å²) >= 11 is 0. The highest BCUT2D eigenvalue weighted by Crippen LogP contribution is 2.35. The number of allylic oxidation sites excluding steroid dienone is 3. The van der Waals surface area contributed by atoms with Gasteiger partial charge in [0.05, 0.1) is 0 Å². The van der Waals surface area contributed by atoms with Gasteiger partial charge in [0.15, 0.2) is 0 Å². The van der Waals surface area contributed by atoms with Crippen molar-refractivity contribution in [1.82, 2.24) is 0 Å².